The second-order valence-corrected chi connectivity index (χ2v) is 7.55. The predicted octanol–water partition coefficient (Wildman–Crippen LogP) is 3.72. The van der Waals surface area contributed by atoms with E-state index in [1.807, 2.05) is 30.3 Å². The number of rotatable bonds is 5. The van der Waals surface area contributed by atoms with Gasteiger partial charge in [0.15, 0.2) is 11.5 Å². The van der Waals surface area contributed by atoms with E-state index in [9.17, 15) is 4.79 Å². The average molecular weight is 363 g/mol. The van der Waals surface area contributed by atoms with Gasteiger partial charge in [-0.05, 0) is 43.2 Å². The molecule has 1 aromatic carbocycles. The maximum Gasteiger partial charge on any atom is 0.273 e. The molecule has 1 N–H and O–H groups in total. The lowest BCUT2D eigenvalue weighted by Crippen LogP contribution is -2.38. The number of nitrogens with one attached hydrogen (secondary N) is 1. The summed E-state index contributed by atoms with van der Waals surface area (Å²) in [5, 5.41) is 8.05. The standard InChI is InChI=1S/C21H21N3O3/c25-21(23-17-10-13-6-7-15(17)9-13)18-11-16(27-24-18)12-26-19-5-1-3-14-4-2-8-22-20(14)19/h1-5,8,11,13,15,17H,6-7,9-10,12H2,(H,23,25)/t13-,15+,17-/m1/s1. The SMILES string of the molecule is O=C(N[C@@H]1C[C@@H]2CC[C@H]1C2)c1cc(COc2cccc3cccnc23)on1. The fraction of sp³-hybridized carbons (Fsp3) is 0.381. The van der Waals surface area contributed by atoms with Crippen molar-refractivity contribution in [1.82, 2.24) is 15.5 Å². The highest BCUT2D eigenvalue weighted by Gasteiger charge is 2.40. The molecule has 0 spiro atoms. The molecule has 2 heterocycles. The van der Waals surface area contributed by atoms with E-state index in [1.54, 1.807) is 12.3 Å². The highest BCUT2D eigenvalue weighted by atomic mass is 16.5. The van der Waals surface area contributed by atoms with Gasteiger partial charge in [-0.2, -0.15) is 0 Å². The molecule has 2 saturated carbocycles. The average Bonchev–Trinajstić information content (AvgIpc) is 3.43. The van der Waals surface area contributed by atoms with Crippen molar-refractivity contribution in [3.8, 4) is 5.75 Å². The van der Waals surface area contributed by atoms with Gasteiger partial charge in [0.1, 0.15) is 17.9 Å². The molecule has 2 aliphatic carbocycles. The summed E-state index contributed by atoms with van der Waals surface area (Å²) in [5.41, 5.74) is 1.11. The van der Waals surface area contributed by atoms with Gasteiger partial charge in [-0.3, -0.25) is 9.78 Å². The van der Waals surface area contributed by atoms with E-state index in [4.69, 9.17) is 9.26 Å². The molecule has 0 radical (unpaired) electrons. The van der Waals surface area contributed by atoms with Crippen LogP contribution in [0.4, 0.5) is 0 Å². The molecular formula is C21H21N3O3. The van der Waals surface area contributed by atoms with E-state index in [1.165, 1.54) is 19.3 Å². The van der Waals surface area contributed by atoms with Gasteiger partial charge >= 0.3 is 0 Å². The van der Waals surface area contributed by atoms with Crippen LogP contribution >= 0.6 is 0 Å². The van der Waals surface area contributed by atoms with Crippen LogP contribution in [0.3, 0.4) is 0 Å². The Morgan fingerprint density at radius 2 is 2.15 bits per heavy atom. The molecule has 5 rings (SSSR count). The van der Waals surface area contributed by atoms with Crippen molar-refractivity contribution in [2.45, 2.75) is 38.3 Å². The fourth-order valence-electron chi connectivity index (χ4n) is 4.49. The van der Waals surface area contributed by atoms with Crippen molar-refractivity contribution in [3.05, 3.63) is 54.0 Å². The van der Waals surface area contributed by atoms with Crippen molar-refractivity contribution < 1.29 is 14.1 Å². The summed E-state index contributed by atoms with van der Waals surface area (Å²) in [6.07, 6.45) is 6.63. The summed E-state index contributed by atoms with van der Waals surface area (Å²) in [6.45, 7) is 0.199. The van der Waals surface area contributed by atoms with Crippen LogP contribution in [0.15, 0.2) is 47.1 Å². The minimum Gasteiger partial charge on any atom is -0.483 e. The third-order valence-electron chi connectivity index (χ3n) is 5.81. The van der Waals surface area contributed by atoms with Crippen LogP contribution in [0.5, 0.6) is 5.75 Å². The number of nitrogens with zero attached hydrogens (tertiary/aromatic N) is 2. The summed E-state index contributed by atoms with van der Waals surface area (Å²) in [5.74, 6) is 2.45. The summed E-state index contributed by atoms with van der Waals surface area (Å²) in [7, 11) is 0. The Morgan fingerprint density at radius 3 is 3.00 bits per heavy atom. The van der Waals surface area contributed by atoms with Crippen molar-refractivity contribution in [1.29, 1.82) is 0 Å². The number of fused-ring (bicyclic) bond motifs is 3. The minimum absolute atomic E-state index is 0.158. The predicted molar refractivity (Wildman–Crippen MR) is 99.3 cm³/mol. The van der Waals surface area contributed by atoms with Crippen LogP contribution in [0, 0.1) is 11.8 Å². The zero-order chi connectivity index (χ0) is 18.2. The van der Waals surface area contributed by atoms with Gasteiger partial charge in [-0.1, -0.05) is 29.8 Å². The van der Waals surface area contributed by atoms with Crippen LogP contribution in [0.2, 0.25) is 0 Å². The van der Waals surface area contributed by atoms with Gasteiger partial charge < -0.3 is 14.6 Å². The Labute approximate surface area is 156 Å². The molecule has 0 unspecified atom stereocenters. The molecule has 2 aromatic heterocycles. The van der Waals surface area contributed by atoms with Gasteiger partial charge in [-0.25, -0.2) is 0 Å². The lowest BCUT2D eigenvalue weighted by Gasteiger charge is -2.22. The van der Waals surface area contributed by atoms with Crippen molar-refractivity contribution in [2.75, 3.05) is 0 Å². The van der Waals surface area contributed by atoms with Gasteiger partial charge in [-0.15, -0.1) is 0 Å². The van der Waals surface area contributed by atoms with Crippen molar-refractivity contribution >= 4 is 16.8 Å². The van der Waals surface area contributed by atoms with E-state index in [-0.39, 0.29) is 18.6 Å². The Morgan fingerprint density at radius 1 is 1.22 bits per heavy atom. The van der Waals surface area contributed by atoms with E-state index in [0.717, 1.165) is 23.2 Å². The summed E-state index contributed by atoms with van der Waals surface area (Å²) in [4.78, 5) is 16.8. The van der Waals surface area contributed by atoms with Crippen LogP contribution in [0.1, 0.15) is 41.9 Å². The lowest BCUT2D eigenvalue weighted by atomic mass is 9.95. The number of pyridine rings is 1. The highest BCUT2D eigenvalue weighted by Crippen LogP contribution is 2.44. The summed E-state index contributed by atoms with van der Waals surface area (Å²) < 4.78 is 11.1. The molecule has 1 amide bonds. The molecule has 6 nitrogen and oxygen atoms in total. The number of carbonyl (C=O) groups is 1. The number of aromatic nitrogens is 2. The van der Waals surface area contributed by atoms with Gasteiger partial charge in [0.05, 0.1) is 0 Å². The number of hydrogen-bond donors (Lipinski definition) is 1. The minimum atomic E-state index is -0.158. The first-order valence-corrected chi connectivity index (χ1v) is 9.49. The molecular weight excluding hydrogens is 342 g/mol. The largest absolute Gasteiger partial charge is 0.483 e. The van der Waals surface area contributed by atoms with E-state index >= 15 is 0 Å². The molecule has 6 heteroatoms. The quantitative estimate of drug-likeness (QED) is 0.747. The Kier molecular flexibility index (Phi) is 4.03. The van der Waals surface area contributed by atoms with E-state index in [0.29, 0.717) is 23.1 Å². The molecule has 2 aliphatic rings. The number of ether oxygens (including phenoxy) is 1. The fourth-order valence-corrected chi connectivity index (χ4v) is 4.49. The number of benzene rings is 1. The normalized spacial score (nSPS) is 23.6. The third kappa shape index (κ3) is 3.16. The Hall–Kier alpha value is -2.89. The van der Waals surface area contributed by atoms with Crippen molar-refractivity contribution in [2.24, 2.45) is 11.8 Å². The first kappa shape index (κ1) is 16.3. The number of hydrogen-bond acceptors (Lipinski definition) is 5. The van der Waals surface area contributed by atoms with Gasteiger partial charge in [0.25, 0.3) is 5.91 Å². The molecule has 2 bridgehead atoms. The molecule has 27 heavy (non-hydrogen) atoms. The molecule has 3 aromatic rings. The molecule has 3 atom stereocenters. The van der Waals surface area contributed by atoms with Gasteiger partial charge in [0, 0.05) is 23.7 Å². The summed E-state index contributed by atoms with van der Waals surface area (Å²) >= 11 is 0. The zero-order valence-corrected chi connectivity index (χ0v) is 14.9. The molecule has 138 valence electrons. The van der Waals surface area contributed by atoms with Crippen LogP contribution in [-0.2, 0) is 6.61 Å². The van der Waals surface area contributed by atoms with Gasteiger partial charge in [0.2, 0.25) is 0 Å². The van der Waals surface area contributed by atoms with E-state index in [2.05, 4.69) is 15.5 Å². The molecule has 2 fully saturated rings. The number of para-hydroxylation sites is 1. The van der Waals surface area contributed by atoms with Crippen LogP contribution in [-0.4, -0.2) is 22.1 Å². The second kappa shape index (κ2) is 6.68. The van der Waals surface area contributed by atoms with E-state index < -0.39 is 0 Å². The zero-order valence-electron chi connectivity index (χ0n) is 14.9. The second-order valence-electron chi connectivity index (χ2n) is 7.55. The van der Waals surface area contributed by atoms with Crippen LogP contribution in [0.25, 0.3) is 10.9 Å². The van der Waals surface area contributed by atoms with Crippen LogP contribution < -0.4 is 10.1 Å². The number of amides is 1. The maximum atomic E-state index is 12.5. The Balaban J connectivity index is 1.23. The first-order chi connectivity index (χ1) is 13.3. The highest BCUT2D eigenvalue weighted by molar-refractivity contribution is 5.92. The Bertz CT molecular complexity index is 978. The lowest BCUT2D eigenvalue weighted by molar-refractivity contribution is 0.0913. The monoisotopic (exact) mass is 363 g/mol. The maximum absolute atomic E-state index is 12.5. The van der Waals surface area contributed by atoms with Crippen molar-refractivity contribution in [3.63, 3.8) is 0 Å². The topological polar surface area (TPSA) is 77.2 Å². The molecule has 0 aliphatic heterocycles. The smallest absolute Gasteiger partial charge is 0.273 e. The first-order valence-electron chi connectivity index (χ1n) is 9.49. The summed E-state index contributed by atoms with van der Waals surface area (Å²) in [6, 6.07) is 11.6. The number of carbonyl (C=O) groups excluding carboxylic acids is 1. The molecule has 0 saturated heterocycles. The third-order valence-corrected chi connectivity index (χ3v) is 5.81.